The predicted molar refractivity (Wildman–Crippen MR) is 130 cm³/mol. The maximum atomic E-state index is 12.8. The Bertz CT molecular complexity index is 1600. The van der Waals surface area contributed by atoms with Gasteiger partial charge in [0.25, 0.3) is 0 Å². The number of H-pyrrole nitrogens is 2. The Kier molecular flexibility index (Phi) is 8.48. The van der Waals surface area contributed by atoms with E-state index >= 15 is 0 Å². The number of rotatable bonds is 0. The van der Waals surface area contributed by atoms with Crippen LogP contribution in [0.3, 0.4) is 0 Å². The van der Waals surface area contributed by atoms with Crippen molar-refractivity contribution in [2.75, 3.05) is 11.5 Å². The molecule has 0 aliphatic heterocycles. The largest absolute Gasteiger partial charge is 0.397 e. The molecule has 5 aromatic rings. The summed E-state index contributed by atoms with van der Waals surface area (Å²) in [6.07, 6.45) is 0. The number of aromatic amines is 2. The summed E-state index contributed by atoms with van der Waals surface area (Å²) >= 11 is 11.1. The third-order valence-corrected chi connectivity index (χ3v) is 5.14. The number of fused-ring (bicyclic) bond motifs is 2. The lowest BCUT2D eigenvalue weighted by molar-refractivity contribution is 0.510. The molecule has 0 amide bonds. The summed E-state index contributed by atoms with van der Waals surface area (Å²) in [4.78, 5) is 33.4. The van der Waals surface area contributed by atoms with E-state index < -0.39 is 46.0 Å². The van der Waals surface area contributed by atoms with Crippen molar-refractivity contribution in [1.82, 2.24) is 19.9 Å². The third kappa shape index (κ3) is 6.52. The van der Waals surface area contributed by atoms with Gasteiger partial charge in [0.2, 0.25) is 0 Å². The second-order valence-electron chi connectivity index (χ2n) is 7.18. The molecule has 3 aromatic carbocycles. The molecule has 0 spiro atoms. The molecule has 2 aromatic heterocycles. The minimum Gasteiger partial charge on any atom is -0.397 e. The number of aromatic nitrogens is 4. The first-order chi connectivity index (χ1) is 17.8. The molecule has 5 rings (SSSR count). The average Bonchev–Trinajstić information content (AvgIpc) is 2.83. The van der Waals surface area contributed by atoms with Crippen molar-refractivity contribution in [3.8, 4) is 0 Å². The normalized spacial score (nSPS) is 10.5. The van der Waals surface area contributed by atoms with E-state index in [1.54, 1.807) is 0 Å². The van der Waals surface area contributed by atoms with Gasteiger partial charge in [0.15, 0.2) is 45.2 Å². The van der Waals surface area contributed by atoms with Gasteiger partial charge >= 0.3 is 11.1 Å². The van der Waals surface area contributed by atoms with E-state index in [0.29, 0.717) is 0 Å². The van der Waals surface area contributed by atoms with Gasteiger partial charge in [-0.15, -0.1) is 0 Å². The van der Waals surface area contributed by atoms with Gasteiger partial charge in [-0.3, -0.25) is 9.59 Å². The second kappa shape index (κ2) is 11.4. The predicted octanol–water partition coefficient (Wildman–Crippen LogP) is 4.84. The average molecular weight is 577 g/mol. The first-order valence-electron chi connectivity index (χ1n) is 9.86. The monoisotopic (exact) mass is 576 g/mol. The molecule has 0 atom stereocenters. The Morgan fingerprint density at radius 2 is 0.842 bits per heavy atom. The van der Waals surface area contributed by atoms with Crippen LogP contribution < -0.4 is 22.6 Å². The van der Waals surface area contributed by atoms with Crippen LogP contribution in [-0.2, 0) is 0 Å². The van der Waals surface area contributed by atoms with Crippen LogP contribution in [0.4, 0.5) is 37.7 Å². The van der Waals surface area contributed by atoms with Crippen LogP contribution >= 0.6 is 23.2 Å². The molecule has 38 heavy (non-hydrogen) atoms. The number of nitrogens with zero attached hydrogens (tertiary/aromatic N) is 2. The second-order valence-corrected chi connectivity index (χ2v) is 7.89. The van der Waals surface area contributed by atoms with Gasteiger partial charge in [-0.25, -0.2) is 36.3 Å². The fourth-order valence-electron chi connectivity index (χ4n) is 2.70. The molecule has 0 saturated carbocycles. The van der Waals surface area contributed by atoms with Crippen molar-refractivity contribution >= 4 is 56.6 Å². The number of nitrogens with two attached hydrogens (primary N) is 2. The highest BCUT2D eigenvalue weighted by atomic mass is 35.5. The molecule has 2 heterocycles. The van der Waals surface area contributed by atoms with E-state index in [0.717, 1.165) is 36.4 Å². The summed E-state index contributed by atoms with van der Waals surface area (Å²) in [5.41, 5.74) is 9.06. The standard InChI is InChI=1S/C8H2Cl2F2N2.C8H4F2N2O2.C6H6F2N2/c9-7-8(10)14-6-2-4(12)3(11)1-5(6)13-7;9-3-1-5-6(2-4(3)10)12-8(14)7(13)11-5;7-3-1-5(9)6(10)2-4(3)8/h1-2H;1-2H,(H,11,13)(H,12,14);1-2H,9-10H2. The number of halogens is 8. The van der Waals surface area contributed by atoms with Gasteiger partial charge in [0.1, 0.15) is 0 Å². The summed E-state index contributed by atoms with van der Waals surface area (Å²) in [6, 6.07) is 5.15. The lowest BCUT2D eigenvalue weighted by Gasteiger charge is -1.99. The lowest BCUT2D eigenvalue weighted by Crippen LogP contribution is -2.29. The highest BCUT2D eigenvalue weighted by molar-refractivity contribution is 6.40. The zero-order valence-corrected chi connectivity index (χ0v) is 19.9. The van der Waals surface area contributed by atoms with Crippen LogP contribution in [-0.4, -0.2) is 19.9 Å². The van der Waals surface area contributed by atoms with E-state index in [-0.39, 0.29) is 43.7 Å². The molecule has 0 unspecified atom stereocenters. The van der Waals surface area contributed by atoms with Gasteiger partial charge in [0.05, 0.1) is 33.4 Å². The molecule has 0 aliphatic rings. The SMILES string of the molecule is Fc1cc2nc(Cl)c(Cl)nc2cc1F.Nc1cc(F)c(F)cc1N.O=c1[nH]c2cc(F)c(F)cc2[nH]c1=O. The Balaban J connectivity index is 0.000000161. The Hall–Kier alpha value is -4.30. The van der Waals surface area contributed by atoms with E-state index in [4.69, 9.17) is 34.7 Å². The van der Waals surface area contributed by atoms with Crippen LogP contribution in [0.2, 0.25) is 10.3 Å². The van der Waals surface area contributed by atoms with Crippen molar-refractivity contribution in [3.63, 3.8) is 0 Å². The number of nitrogen functional groups attached to an aromatic ring is 2. The first kappa shape index (κ1) is 28.3. The van der Waals surface area contributed by atoms with Gasteiger partial charge in [-0.2, -0.15) is 0 Å². The fraction of sp³-hybridized carbons (Fsp3) is 0. The molecule has 0 radical (unpaired) electrons. The summed E-state index contributed by atoms with van der Waals surface area (Å²) in [6.45, 7) is 0. The molecule has 0 saturated heterocycles. The molecule has 0 aliphatic carbocycles. The summed E-state index contributed by atoms with van der Waals surface area (Å²) in [5.74, 6) is -6.12. The Labute approximate surface area is 216 Å². The van der Waals surface area contributed by atoms with Crippen LogP contribution in [0.15, 0.2) is 46.0 Å². The first-order valence-corrected chi connectivity index (χ1v) is 10.6. The maximum Gasteiger partial charge on any atom is 0.314 e. The quantitative estimate of drug-likeness (QED) is 0.118. The highest BCUT2D eigenvalue weighted by Gasteiger charge is 2.09. The van der Waals surface area contributed by atoms with Crippen molar-refractivity contribution in [1.29, 1.82) is 0 Å². The number of nitrogens with one attached hydrogen (secondary N) is 2. The van der Waals surface area contributed by atoms with Gasteiger partial charge < -0.3 is 21.4 Å². The zero-order chi connectivity index (χ0) is 28.3. The number of anilines is 2. The summed E-state index contributed by atoms with van der Waals surface area (Å²) in [7, 11) is 0. The molecule has 198 valence electrons. The topological polar surface area (TPSA) is 144 Å². The minimum atomic E-state index is -1.08. The summed E-state index contributed by atoms with van der Waals surface area (Å²) < 4.78 is 75.4. The fourth-order valence-corrected chi connectivity index (χ4v) is 2.96. The van der Waals surface area contributed by atoms with E-state index in [1.165, 1.54) is 0 Å². The smallest absolute Gasteiger partial charge is 0.314 e. The van der Waals surface area contributed by atoms with Crippen LogP contribution in [0.5, 0.6) is 0 Å². The number of hydrogen-bond acceptors (Lipinski definition) is 6. The Morgan fingerprint density at radius 1 is 0.553 bits per heavy atom. The van der Waals surface area contributed by atoms with Gasteiger partial charge in [0, 0.05) is 36.4 Å². The molecule has 6 N–H and O–H groups in total. The van der Waals surface area contributed by atoms with Gasteiger partial charge in [-0.1, -0.05) is 23.2 Å². The molecule has 8 nitrogen and oxygen atoms in total. The van der Waals surface area contributed by atoms with Crippen LogP contribution in [0, 0.1) is 34.9 Å². The Morgan fingerprint density at radius 3 is 1.18 bits per heavy atom. The molecule has 0 fully saturated rings. The molecular weight excluding hydrogens is 565 g/mol. The number of benzene rings is 3. The van der Waals surface area contributed by atoms with Crippen LogP contribution in [0.25, 0.3) is 22.1 Å². The summed E-state index contributed by atoms with van der Waals surface area (Å²) in [5, 5.41) is -0.0738. The maximum absolute atomic E-state index is 12.8. The minimum absolute atomic E-state index is 0.0369. The zero-order valence-electron chi connectivity index (χ0n) is 18.4. The van der Waals surface area contributed by atoms with E-state index in [9.17, 15) is 35.9 Å². The van der Waals surface area contributed by atoms with Crippen molar-refractivity contribution in [3.05, 3.63) is 102 Å². The molecule has 0 bridgehead atoms. The van der Waals surface area contributed by atoms with E-state index in [1.807, 2.05) is 0 Å². The van der Waals surface area contributed by atoms with Crippen LogP contribution in [0.1, 0.15) is 0 Å². The lowest BCUT2D eigenvalue weighted by atomic mass is 10.2. The number of hydrogen-bond donors (Lipinski definition) is 4. The third-order valence-electron chi connectivity index (χ3n) is 4.51. The highest BCUT2D eigenvalue weighted by Crippen LogP contribution is 2.22. The van der Waals surface area contributed by atoms with Crippen molar-refractivity contribution in [2.45, 2.75) is 0 Å². The van der Waals surface area contributed by atoms with Gasteiger partial charge in [-0.05, 0) is 0 Å². The van der Waals surface area contributed by atoms with Crippen molar-refractivity contribution < 1.29 is 26.3 Å². The molecule has 16 heteroatoms. The van der Waals surface area contributed by atoms with E-state index in [2.05, 4.69) is 19.9 Å². The molecular formula is C22H12Cl2F6N6O2. The van der Waals surface area contributed by atoms with Crippen molar-refractivity contribution in [2.24, 2.45) is 0 Å².